The first-order valence-corrected chi connectivity index (χ1v) is 7.24. The molecule has 0 aromatic heterocycles. The largest absolute Gasteiger partial charge is 0.374 e. The average Bonchev–Trinajstić information content (AvgIpc) is 2.38. The standard InChI is InChI=1S/C14H21BrN2O/c1-10(16)14-9-17(6-7-18-14)11(2)12-4-3-5-13(15)8-12/h3-5,8,10-11,14H,6-7,9,16H2,1-2H3. The van der Waals surface area contributed by atoms with Gasteiger partial charge < -0.3 is 10.5 Å². The molecule has 2 rings (SSSR count). The SMILES string of the molecule is CC(N)C1CN(C(C)c2cccc(Br)c2)CCO1. The maximum Gasteiger partial charge on any atom is 0.0850 e. The normalized spacial score (nSPS) is 24.8. The molecule has 1 fully saturated rings. The molecule has 1 aromatic rings. The lowest BCUT2D eigenvalue weighted by Gasteiger charge is -2.38. The van der Waals surface area contributed by atoms with Crippen molar-refractivity contribution >= 4 is 15.9 Å². The molecule has 0 amide bonds. The summed E-state index contributed by atoms with van der Waals surface area (Å²) in [6.07, 6.45) is 0.147. The van der Waals surface area contributed by atoms with E-state index in [0.717, 1.165) is 24.2 Å². The monoisotopic (exact) mass is 312 g/mol. The minimum atomic E-state index is 0.0857. The predicted octanol–water partition coefficient (Wildman–Crippen LogP) is 2.56. The maximum absolute atomic E-state index is 5.93. The van der Waals surface area contributed by atoms with Crippen molar-refractivity contribution in [3.05, 3.63) is 34.3 Å². The van der Waals surface area contributed by atoms with E-state index >= 15 is 0 Å². The Labute approximate surface area is 117 Å². The summed E-state index contributed by atoms with van der Waals surface area (Å²) in [5.41, 5.74) is 7.26. The summed E-state index contributed by atoms with van der Waals surface area (Å²) < 4.78 is 6.83. The molecule has 0 saturated carbocycles. The van der Waals surface area contributed by atoms with Crippen LogP contribution in [0.15, 0.2) is 28.7 Å². The Bertz CT molecular complexity index is 397. The second kappa shape index (κ2) is 6.15. The van der Waals surface area contributed by atoms with Gasteiger partial charge in [-0.25, -0.2) is 0 Å². The Morgan fingerprint density at radius 3 is 2.89 bits per heavy atom. The molecule has 4 heteroatoms. The Morgan fingerprint density at radius 2 is 2.22 bits per heavy atom. The minimum absolute atomic E-state index is 0.0857. The Morgan fingerprint density at radius 1 is 1.44 bits per heavy atom. The van der Waals surface area contributed by atoms with Gasteiger partial charge in [-0.05, 0) is 31.5 Å². The van der Waals surface area contributed by atoms with Gasteiger partial charge in [-0.3, -0.25) is 4.90 Å². The van der Waals surface area contributed by atoms with Gasteiger partial charge in [0.2, 0.25) is 0 Å². The number of hydrogen-bond acceptors (Lipinski definition) is 3. The van der Waals surface area contributed by atoms with Crippen LogP contribution in [0.4, 0.5) is 0 Å². The lowest BCUT2D eigenvalue weighted by Crippen LogP contribution is -2.50. The molecular weight excluding hydrogens is 292 g/mol. The van der Waals surface area contributed by atoms with Crippen molar-refractivity contribution in [3.8, 4) is 0 Å². The molecule has 0 spiro atoms. The van der Waals surface area contributed by atoms with E-state index in [4.69, 9.17) is 10.5 Å². The lowest BCUT2D eigenvalue weighted by molar-refractivity contribution is -0.0498. The third-order valence-electron chi connectivity index (χ3n) is 3.59. The number of hydrogen-bond donors (Lipinski definition) is 1. The molecule has 2 N–H and O–H groups in total. The molecule has 0 bridgehead atoms. The van der Waals surface area contributed by atoms with Crippen molar-refractivity contribution in [1.82, 2.24) is 4.90 Å². The van der Waals surface area contributed by atoms with Gasteiger partial charge in [-0.2, -0.15) is 0 Å². The van der Waals surface area contributed by atoms with E-state index in [1.165, 1.54) is 5.56 Å². The fourth-order valence-electron chi connectivity index (χ4n) is 2.34. The van der Waals surface area contributed by atoms with Crippen LogP contribution in [-0.2, 0) is 4.74 Å². The first kappa shape index (κ1) is 14.0. The highest BCUT2D eigenvalue weighted by molar-refractivity contribution is 9.10. The molecule has 100 valence electrons. The molecule has 3 nitrogen and oxygen atoms in total. The Balaban J connectivity index is 2.06. The van der Waals surface area contributed by atoms with Crippen molar-refractivity contribution in [1.29, 1.82) is 0 Å². The number of benzene rings is 1. The van der Waals surface area contributed by atoms with E-state index in [1.54, 1.807) is 0 Å². The van der Waals surface area contributed by atoms with Crippen LogP contribution >= 0.6 is 15.9 Å². The van der Waals surface area contributed by atoms with Gasteiger partial charge in [0, 0.05) is 29.6 Å². The summed E-state index contributed by atoms with van der Waals surface area (Å²) in [5, 5.41) is 0. The van der Waals surface area contributed by atoms with Crippen LogP contribution in [0.2, 0.25) is 0 Å². The number of nitrogens with two attached hydrogens (primary N) is 1. The van der Waals surface area contributed by atoms with Crippen molar-refractivity contribution in [2.75, 3.05) is 19.7 Å². The van der Waals surface area contributed by atoms with Gasteiger partial charge in [0.15, 0.2) is 0 Å². The van der Waals surface area contributed by atoms with E-state index in [1.807, 2.05) is 6.92 Å². The predicted molar refractivity (Wildman–Crippen MR) is 77.5 cm³/mol. The zero-order valence-corrected chi connectivity index (χ0v) is 12.6. The van der Waals surface area contributed by atoms with Crippen LogP contribution in [0.5, 0.6) is 0 Å². The summed E-state index contributed by atoms with van der Waals surface area (Å²) in [7, 11) is 0. The van der Waals surface area contributed by atoms with Crippen molar-refractivity contribution in [3.63, 3.8) is 0 Å². The molecule has 1 aliphatic heterocycles. The van der Waals surface area contributed by atoms with E-state index in [9.17, 15) is 0 Å². The molecule has 18 heavy (non-hydrogen) atoms. The van der Waals surface area contributed by atoms with E-state index in [0.29, 0.717) is 6.04 Å². The highest BCUT2D eigenvalue weighted by Gasteiger charge is 2.26. The van der Waals surface area contributed by atoms with Crippen molar-refractivity contribution in [2.45, 2.75) is 32.0 Å². The van der Waals surface area contributed by atoms with E-state index in [2.05, 4.69) is 52.0 Å². The van der Waals surface area contributed by atoms with Crippen LogP contribution in [0.1, 0.15) is 25.5 Å². The lowest BCUT2D eigenvalue weighted by atomic mass is 10.0. The number of rotatable bonds is 3. The molecule has 1 aliphatic rings. The molecule has 1 heterocycles. The minimum Gasteiger partial charge on any atom is -0.374 e. The van der Waals surface area contributed by atoms with E-state index < -0.39 is 0 Å². The summed E-state index contributed by atoms with van der Waals surface area (Å²) in [4.78, 5) is 2.44. The molecule has 0 radical (unpaired) electrons. The summed E-state index contributed by atoms with van der Waals surface area (Å²) in [6, 6.07) is 8.97. The second-order valence-electron chi connectivity index (χ2n) is 4.99. The molecule has 1 aromatic carbocycles. The van der Waals surface area contributed by atoms with Gasteiger partial charge in [-0.1, -0.05) is 28.1 Å². The second-order valence-corrected chi connectivity index (χ2v) is 5.91. The third-order valence-corrected chi connectivity index (χ3v) is 4.08. The average molecular weight is 313 g/mol. The molecule has 3 atom stereocenters. The third kappa shape index (κ3) is 3.32. The highest BCUT2D eigenvalue weighted by Crippen LogP contribution is 2.25. The summed E-state index contributed by atoms with van der Waals surface area (Å²) in [5.74, 6) is 0. The van der Waals surface area contributed by atoms with Crippen molar-refractivity contribution < 1.29 is 4.74 Å². The zero-order valence-electron chi connectivity index (χ0n) is 11.0. The van der Waals surface area contributed by atoms with E-state index in [-0.39, 0.29) is 12.1 Å². The maximum atomic E-state index is 5.93. The number of ether oxygens (including phenoxy) is 1. The van der Waals surface area contributed by atoms with Crippen molar-refractivity contribution in [2.24, 2.45) is 5.73 Å². The molecule has 1 saturated heterocycles. The Hall–Kier alpha value is -0.420. The van der Waals surface area contributed by atoms with Crippen LogP contribution in [0.25, 0.3) is 0 Å². The van der Waals surface area contributed by atoms with Gasteiger partial charge in [0.1, 0.15) is 0 Å². The van der Waals surface area contributed by atoms with Gasteiger partial charge in [-0.15, -0.1) is 0 Å². The number of nitrogens with zero attached hydrogens (tertiary/aromatic N) is 1. The zero-order chi connectivity index (χ0) is 13.1. The van der Waals surface area contributed by atoms with Gasteiger partial charge in [0.25, 0.3) is 0 Å². The van der Waals surface area contributed by atoms with Crippen LogP contribution in [0.3, 0.4) is 0 Å². The quantitative estimate of drug-likeness (QED) is 0.932. The molecule has 0 aliphatic carbocycles. The van der Waals surface area contributed by atoms with Gasteiger partial charge in [0.05, 0.1) is 12.7 Å². The van der Waals surface area contributed by atoms with Gasteiger partial charge >= 0.3 is 0 Å². The first-order chi connectivity index (χ1) is 8.58. The van der Waals surface area contributed by atoms with Crippen LogP contribution in [-0.4, -0.2) is 36.7 Å². The fraction of sp³-hybridized carbons (Fsp3) is 0.571. The summed E-state index contributed by atoms with van der Waals surface area (Å²) >= 11 is 3.53. The summed E-state index contributed by atoms with van der Waals surface area (Å²) in [6.45, 7) is 6.90. The number of morpholine rings is 1. The highest BCUT2D eigenvalue weighted by atomic mass is 79.9. The Kier molecular flexibility index (Phi) is 4.78. The molecular formula is C14H21BrN2O. The van der Waals surface area contributed by atoms with Crippen LogP contribution in [0, 0.1) is 0 Å². The fourth-order valence-corrected chi connectivity index (χ4v) is 2.76. The number of halogens is 1. The van der Waals surface area contributed by atoms with Crippen LogP contribution < -0.4 is 5.73 Å². The topological polar surface area (TPSA) is 38.5 Å². The molecule has 3 unspecified atom stereocenters. The first-order valence-electron chi connectivity index (χ1n) is 6.44. The smallest absolute Gasteiger partial charge is 0.0850 e.